The van der Waals surface area contributed by atoms with E-state index >= 15 is 0 Å². The van der Waals surface area contributed by atoms with Gasteiger partial charge >= 0.3 is 12.2 Å². The number of halogens is 5. The van der Waals surface area contributed by atoms with Gasteiger partial charge in [0.05, 0.1) is 82.4 Å². The summed E-state index contributed by atoms with van der Waals surface area (Å²) >= 11 is 26.0. The van der Waals surface area contributed by atoms with Gasteiger partial charge in [0.2, 0.25) is 11.8 Å². The molecule has 790 valence electrons. The Morgan fingerprint density at radius 2 is 0.980 bits per heavy atom. The summed E-state index contributed by atoms with van der Waals surface area (Å²) in [5.74, 6) is 6.69. The maximum absolute atomic E-state index is 13.6. The minimum Gasteiger partial charge on any atom is -0.499 e. The second-order valence-electron chi connectivity index (χ2n) is 36.3. The molecule has 4 atom stereocenters. The van der Waals surface area contributed by atoms with Crippen LogP contribution in [-0.4, -0.2) is 167 Å². The van der Waals surface area contributed by atoms with E-state index in [9.17, 15) is 57.5 Å². The lowest BCUT2D eigenvalue weighted by molar-refractivity contribution is -0.135. The number of aldehydes is 1. The van der Waals surface area contributed by atoms with Gasteiger partial charge in [-0.15, -0.1) is 69.3 Å². The number of likely N-dealkylation sites (tertiary alicyclic amines) is 2. The first-order valence-electron chi connectivity index (χ1n) is 48.4. The summed E-state index contributed by atoms with van der Waals surface area (Å²) in [6, 6.07) is 40.4. The third-order valence-electron chi connectivity index (χ3n) is 24.9. The lowest BCUT2D eigenvalue weighted by Crippen LogP contribution is -2.53. The minimum absolute atomic E-state index is 0. The molecular weight excluding hydrogens is 2340 g/mol. The molecule has 0 radical (unpaired) electrons. The van der Waals surface area contributed by atoms with Gasteiger partial charge in [-0.3, -0.25) is 52.9 Å². The average Bonchev–Trinajstić information content (AvgIpc) is 1.61. The number of nitrogens with zero attached hydrogens (tertiary/aromatic N) is 4. The summed E-state index contributed by atoms with van der Waals surface area (Å²) in [4.78, 5) is 165. The molecule has 28 nitrogen and oxygen atoms in total. The average molecular weight is 2460 g/mol. The van der Waals surface area contributed by atoms with Crippen molar-refractivity contribution in [2.24, 2.45) is 16.8 Å². The van der Waals surface area contributed by atoms with Crippen LogP contribution in [0.2, 0.25) is 0 Å². The summed E-state index contributed by atoms with van der Waals surface area (Å²) in [5.41, 5.74) is 15.5. The number of H-pyrrole nitrogens is 1. The van der Waals surface area contributed by atoms with E-state index in [1.54, 1.807) is 65.8 Å². The number of Topliss-reactive ketones (excluding diaryl/α,β-unsaturated/α-hetero) is 7. The maximum atomic E-state index is 13.6. The van der Waals surface area contributed by atoms with E-state index in [1.165, 1.54) is 50.7 Å². The van der Waals surface area contributed by atoms with Gasteiger partial charge in [0.15, 0.2) is 41.0 Å². The Morgan fingerprint density at radius 1 is 0.547 bits per heavy atom. The Balaban J connectivity index is 0.000000172. The number of fused-ring (bicyclic) bond motifs is 14. The van der Waals surface area contributed by atoms with Crippen LogP contribution in [0.1, 0.15) is 239 Å². The lowest BCUT2D eigenvalue weighted by atomic mass is 9.99. The Bertz CT molecular complexity index is 7080. The molecule has 2 fully saturated rings. The third kappa shape index (κ3) is 28.9. The molecule has 9 aliphatic rings. The predicted octanol–water partition coefficient (Wildman–Crippen LogP) is 26.9. The van der Waals surface area contributed by atoms with Crippen LogP contribution in [0.5, 0.6) is 34.5 Å². The van der Waals surface area contributed by atoms with E-state index in [2.05, 4.69) is 101 Å². The van der Waals surface area contributed by atoms with Crippen molar-refractivity contribution in [1.29, 1.82) is 0 Å². The highest BCUT2D eigenvalue weighted by Crippen LogP contribution is 2.51. The van der Waals surface area contributed by atoms with Gasteiger partial charge in [-0.1, -0.05) is 126 Å². The zero-order chi connectivity index (χ0) is 107. The van der Waals surface area contributed by atoms with Crippen molar-refractivity contribution >= 4 is 228 Å². The summed E-state index contributed by atoms with van der Waals surface area (Å²) < 4.78 is 51.4. The fourth-order valence-corrected chi connectivity index (χ4v) is 23.1. The number of nitrogens with one attached hydrogen (secondary N) is 3. The number of ether oxygens (including phenoxy) is 9. The van der Waals surface area contributed by atoms with Crippen LogP contribution >= 0.6 is 141 Å². The van der Waals surface area contributed by atoms with Gasteiger partial charge in [-0.2, -0.15) is 12.6 Å². The molecule has 9 aliphatic heterocycles. The number of thiophene rings is 4. The fourth-order valence-electron chi connectivity index (χ4n) is 17.2. The summed E-state index contributed by atoms with van der Waals surface area (Å²) in [7, 11) is 2.59. The molecule has 11 aromatic rings. The second-order valence-corrected chi connectivity index (χ2v) is 43.9. The van der Waals surface area contributed by atoms with Crippen LogP contribution in [-0.2, 0) is 59.8 Å². The molecule has 0 aliphatic carbocycles. The Kier molecular flexibility index (Phi) is 42.3. The minimum atomic E-state index is -0.698. The molecule has 20 rings (SSSR count). The highest BCUT2D eigenvalue weighted by atomic mass is 127. The number of benzene rings is 6. The van der Waals surface area contributed by atoms with E-state index in [4.69, 9.17) is 64.2 Å². The first-order chi connectivity index (χ1) is 71.3. The van der Waals surface area contributed by atoms with E-state index in [0.717, 1.165) is 192 Å². The van der Waals surface area contributed by atoms with Crippen molar-refractivity contribution < 1.29 is 100 Å². The number of aromatic nitrogens is 2. The van der Waals surface area contributed by atoms with E-state index in [-0.39, 0.29) is 107 Å². The number of carbonyl (C=O) groups is 12. The highest BCUT2D eigenvalue weighted by Gasteiger charge is 2.42. The molecule has 0 bridgehead atoms. The molecule has 0 saturated carbocycles. The topological polar surface area (TPSA) is 359 Å². The van der Waals surface area contributed by atoms with Crippen molar-refractivity contribution in [2.45, 2.75) is 185 Å². The van der Waals surface area contributed by atoms with Crippen LogP contribution in [0.15, 0.2) is 182 Å². The van der Waals surface area contributed by atoms with Crippen molar-refractivity contribution in [2.75, 3.05) is 52.9 Å². The number of alkyl carbamates (subject to hydrolysis) is 2. The molecule has 0 unspecified atom stereocenters. The molecular formula is C112H116Br3ClIN7O21S5. The maximum Gasteiger partial charge on any atom is 0.407 e. The zero-order valence-electron chi connectivity index (χ0n) is 85.2. The molecule has 5 aromatic heterocycles. The molecule has 38 heteroatoms. The number of carbonyl (C=O) groups excluding carboxylic acids is 12. The number of hydrogen-bond donors (Lipinski definition) is 4. The van der Waals surface area contributed by atoms with Crippen LogP contribution in [0.25, 0.3) is 63.6 Å². The van der Waals surface area contributed by atoms with E-state index in [1.807, 2.05) is 164 Å². The monoisotopic (exact) mass is 2450 g/mol. The van der Waals surface area contributed by atoms with Crippen LogP contribution in [0.3, 0.4) is 0 Å². The predicted molar refractivity (Wildman–Crippen MR) is 611 cm³/mol. The summed E-state index contributed by atoms with van der Waals surface area (Å²) in [6.07, 6.45) is 8.68. The first kappa shape index (κ1) is 117. The molecule has 150 heavy (non-hydrogen) atoms. The van der Waals surface area contributed by atoms with Crippen LogP contribution in [0.4, 0.5) is 9.59 Å². The number of hydrogen-bond acceptors (Lipinski definition) is 28. The van der Waals surface area contributed by atoms with Crippen molar-refractivity contribution in [3.63, 3.8) is 0 Å². The van der Waals surface area contributed by atoms with Gasteiger partial charge in [-0.05, 0) is 200 Å². The number of aliphatic imine (C=N–C) groups is 1. The number of aromatic amines is 1. The standard InChI is InChI=1S/C40H49N7O7S.C17H16O3S.C15H12O3S.C13H9BrO2S.C10H6BrClO2.C9H7BrO2.C5H10O.C3H6OS.HI/c1-21(2)33(44-39(50)52-5)37(48)46-13-7-9-29(46)27-15-24(18-41-27)32-17-25-20-54-31-16-23(11-12-26(31)35(25)55-32)28-19-42-36(43-28)30-10-8-14-47(30)38(49)34(22(3)4)45-40(51)53-6;1-3-13(18)10-5-6-12-15(7-10)20-9-11-8-16(14(19)4-2)21-17(11)12;1-8(16)10-3-4-12-13(5-10)18-7-11-6-14(9(2)17)19-15(11)12;1-7(15)12-4-8-6-16-11-5-9(14)2-3-10(11)13(8)17-12;11-7-1-2-8-9(3-7)14-5-6(4-13)10(8)12;10-6-1-2-7-8(11)3-4-12-9(7)5-6;1-4-6-5(2)3;1-3(4)2-5;/h11-12,16-19,21-22,29-30,33-34H,7-10,13-15,20H2,1-6H3,(H,42,43)(H,44,50)(H,45,51);5-8H,3-4,9H2,1-2H3;3-6H,7H2,1-2H3;2-5H,6H2,1H3;1-4H,5H2;1-2,5H,3-4H2;2,4H2,1,3H3;5H,2H2,1H3;1H/t29-,30-,33+,34+;;;;;;;;/m0......../s1. The normalized spacial score (nSPS) is 15.2. The fraction of sp³-hybridized carbons (Fsp3) is 0.339. The van der Waals surface area contributed by atoms with Crippen molar-refractivity contribution in [1.82, 2.24) is 30.4 Å². The number of allylic oxidation sites excluding steroid dienone is 2. The van der Waals surface area contributed by atoms with Gasteiger partial charge < -0.3 is 68.0 Å². The first-order valence-corrected chi connectivity index (χ1v) is 55.1. The van der Waals surface area contributed by atoms with Gasteiger partial charge in [0.25, 0.3) is 0 Å². The van der Waals surface area contributed by atoms with Gasteiger partial charge in [0, 0.05) is 167 Å². The highest BCUT2D eigenvalue weighted by molar-refractivity contribution is 14.0. The van der Waals surface area contributed by atoms with Gasteiger partial charge in [-0.25, -0.2) is 14.6 Å². The molecule has 3 N–H and O–H groups in total. The van der Waals surface area contributed by atoms with Gasteiger partial charge in [0.1, 0.15) is 91.2 Å². The summed E-state index contributed by atoms with van der Waals surface area (Å²) in [5, 5.41) is 5.90. The van der Waals surface area contributed by atoms with E-state index in [0.29, 0.717) is 122 Å². The summed E-state index contributed by atoms with van der Waals surface area (Å²) in [6.45, 7) is 29.4. The SMILES string of the molecule is C=C(C)OCC.CC(=O)CS.CC(=O)c1cc2c(s1)-c1ccc(Br)cc1OC2.CC(=O)c1ccc2c(c1)OCc1cc(C(C)=O)sc1-2.CCC(=O)c1ccc2c(c1)OCc1cc(C(=O)CC)sc1-2.COC(=O)N[C@@H](C(=O)N1CCC[C@H]1C1=NC=C(c2cc3c(s2)-c2ccc(-c4cnc([C@@H]5CCCN5C(=O)[C@H](NC(=O)OC)C(C)C)[nH]4)cc2OC3)C1)C(C)C.I.O=C1CCOc2cc(Br)ccc21.O=CC1=C(Cl)c2ccc(Br)cc2OC1. The second kappa shape index (κ2) is 54.1. The Labute approximate surface area is 939 Å². The number of thiol groups is 1. The number of ketones is 7. The van der Waals surface area contributed by atoms with Crippen LogP contribution in [0, 0.1) is 11.8 Å². The Hall–Kier alpha value is -11.5. The smallest absolute Gasteiger partial charge is 0.407 e. The van der Waals surface area contributed by atoms with Crippen molar-refractivity contribution in [3.8, 4) is 87.5 Å². The molecule has 4 amide bonds. The molecule has 6 aromatic carbocycles. The molecule has 0 spiro atoms. The number of imidazole rings is 1. The van der Waals surface area contributed by atoms with Crippen LogP contribution < -0.4 is 39.1 Å². The lowest BCUT2D eigenvalue weighted by Gasteiger charge is -2.31. The third-order valence-corrected chi connectivity index (χ3v) is 32.5. The number of amides is 4. The number of rotatable bonds is 21. The van der Waals surface area contributed by atoms with Crippen molar-refractivity contribution in [3.05, 3.63) is 247 Å². The largest absolute Gasteiger partial charge is 0.499 e. The molecule has 2 saturated heterocycles. The van der Waals surface area contributed by atoms with E-state index < -0.39 is 24.3 Å². The number of methoxy groups -OCH3 is 2. The zero-order valence-corrected chi connectivity index (χ0v) is 97.2. The molecule has 14 heterocycles. The quantitative estimate of drug-likeness (QED) is 0.0171. The Morgan fingerprint density at radius 3 is 1.46 bits per heavy atom.